The summed E-state index contributed by atoms with van der Waals surface area (Å²) in [5, 5.41) is 16.6. The number of allylic oxidation sites excluding steroid dienone is 5. The zero-order valence-electron chi connectivity index (χ0n) is 49.2. The highest BCUT2D eigenvalue weighted by Crippen LogP contribution is 2.51. The van der Waals surface area contributed by atoms with Gasteiger partial charge < -0.3 is 4.90 Å². The molecule has 0 aliphatic heterocycles. The molecule has 14 aromatic carbocycles. The Balaban J connectivity index is 0.931. The van der Waals surface area contributed by atoms with E-state index in [1.165, 1.54) is 68.6 Å². The summed E-state index contributed by atoms with van der Waals surface area (Å²) in [7, 11) is 0. The summed E-state index contributed by atoms with van der Waals surface area (Å²) in [6, 6.07) is 101. The number of thiophene rings is 1. The van der Waals surface area contributed by atoms with Gasteiger partial charge in [0.25, 0.3) is 0 Å². The maximum atomic E-state index is 5.73. The van der Waals surface area contributed by atoms with Gasteiger partial charge in [-0.05, 0) is 143 Å². The lowest BCUT2D eigenvalue weighted by molar-refractivity contribution is 0.957. The second kappa shape index (κ2) is 21.7. The van der Waals surface area contributed by atoms with Crippen molar-refractivity contribution in [1.82, 2.24) is 19.5 Å². The summed E-state index contributed by atoms with van der Waals surface area (Å²) in [5.74, 6) is 1.71. The predicted octanol–water partition coefficient (Wildman–Crippen LogP) is 23.4. The first kappa shape index (κ1) is 52.7. The molecule has 0 bridgehead atoms. The van der Waals surface area contributed by atoms with Crippen molar-refractivity contribution in [3.8, 4) is 51.0 Å². The van der Waals surface area contributed by atoms with Gasteiger partial charge >= 0.3 is 0 Å². The molecule has 0 aliphatic rings. The lowest BCUT2D eigenvalue weighted by atomic mass is 9.92. The number of fused-ring (bicyclic) bond motifs is 18. The van der Waals surface area contributed by atoms with Crippen molar-refractivity contribution in [2.75, 3.05) is 4.90 Å². The summed E-state index contributed by atoms with van der Waals surface area (Å²) in [6.07, 6.45) is 7.87. The molecule has 0 amide bonds. The van der Waals surface area contributed by atoms with Gasteiger partial charge in [0.05, 0.1) is 15.7 Å². The largest absolute Gasteiger partial charge is 0.310 e. The van der Waals surface area contributed by atoms with Crippen molar-refractivity contribution >= 4 is 130 Å². The van der Waals surface area contributed by atoms with Crippen LogP contribution in [-0.4, -0.2) is 19.5 Å². The summed E-state index contributed by atoms with van der Waals surface area (Å²) in [4.78, 5) is 19.2. The third-order valence-electron chi connectivity index (χ3n) is 17.9. The average molecular weight is 1170 g/mol. The van der Waals surface area contributed by atoms with E-state index in [0.29, 0.717) is 17.6 Å². The molecule has 422 valence electrons. The van der Waals surface area contributed by atoms with Gasteiger partial charge in [-0.3, -0.25) is 4.57 Å². The minimum absolute atomic E-state index is 0.546. The molecule has 6 heteroatoms. The van der Waals surface area contributed by atoms with E-state index < -0.39 is 0 Å². The molecular formula is C84H55N5S. The summed E-state index contributed by atoms with van der Waals surface area (Å²) in [5.41, 5.74) is 14.0. The van der Waals surface area contributed by atoms with E-state index in [2.05, 4.69) is 308 Å². The molecule has 17 aromatic rings. The van der Waals surface area contributed by atoms with E-state index in [1.807, 2.05) is 23.5 Å². The predicted molar refractivity (Wildman–Crippen MR) is 384 cm³/mol. The molecule has 0 N–H and O–H groups in total. The van der Waals surface area contributed by atoms with Crippen molar-refractivity contribution in [2.24, 2.45) is 0 Å². The maximum absolute atomic E-state index is 5.73. The average Bonchev–Trinajstić information content (AvgIpc) is 1.85. The van der Waals surface area contributed by atoms with Crippen molar-refractivity contribution in [3.63, 3.8) is 0 Å². The summed E-state index contributed by atoms with van der Waals surface area (Å²) < 4.78 is 4.79. The quantitative estimate of drug-likeness (QED) is 0.0956. The Hall–Kier alpha value is -11.6. The molecule has 0 aliphatic carbocycles. The Morgan fingerprint density at radius 2 is 0.878 bits per heavy atom. The Morgan fingerprint density at radius 1 is 0.378 bits per heavy atom. The minimum Gasteiger partial charge on any atom is -0.310 e. The van der Waals surface area contributed by atoms with E-state index in [-0.39, 0.29) is 0 Å². The molecule has 0 saturated carbocycles. The molecule has 0 atom stereocenters. The van der Waals surface area contributed by atoms with Crippen LogP contribution in [0.4, 0.5) is 17.1 Å². The highest BCUT2D eigenvalue weighted by molar-refractivity contribution is 7.27. The molecule has 90 heavy (non-hydrogen) atoms. The molecule has 3 aromatic heterocycles. The second-order valence-corrected chi connectivity index (χ2v) is 24.2. The van der Waals surface area contributed by atoms with Gasteiger partial charge in [-0.2, -0.15) is 9.97 Å². The fourth-order valence-electron chi connectivity index (χ4n) is 13.7. The number of rotatable bonds is 11. The maximum Gasteiger partial charge on any atom is 0.238 e. The molecule has 0 saturated heterocycles. The zero-order valence-corrected chi connectivity index (χ0v) is 50.0. The van der Waals surface area contributed by atoms with Gasteiger partial charge in [0.2, 0.25) is 5.95 Å². The third-order valence-corrected chi connectivity index (χ3v) is 19.1. The van der Waals surface area contributed by atoms with Crippen molar-refractivity contribution < 1.29 is 0 Å². The smallest absolute Gasteiger partial charge is 0.238 e. The van der Waals surface area contributed by atoms with E-state index in [9.17, 15) is 0 Å². The Morgan fingerprint density at radius 3 is 1.58 bits per heavy atom. The molecule has 0 spiro atoms. The van der Waals surface area contributed by atoms with E-state index >= 15 is 0 Å². The fraction of sp³-hybridized carbons (Fsp3) is 0.0119. The van der Waals surface area contributed by atoms with E-state index in [0.717, 1.165) is 88.8 Å². The fourth-order valence-corrected chi connectivity index (χ4v) is 15.0. The third kappa shape index (κ3) is 8.79. The zero-order chi connectivity index (χ0) is 59.8. The number of nitrogens with zero attached hydrogens (tertiary/aromatic N) is 5. The van der Waals surface area contributed by atoms with E-state index in [4.69, 9.17) is 15.0 Å². The van der Waals surface area contributed by atoms with Crippen LogP contribution in [0, 0.1) is 0 Å². The summed E-state index contributed by atoms with van der Waals surface area (Å²) in [6.45, 7) is 5.99. The van der Waals surface area contributed by atoms with Gasteiger partial charge in [0, 0.05) is 59.8 Å². The normalized spacial score (nSPS) is 12.1. The number of benzene rings is 14. The van der Waals surface area contributed by atoms with Gasteiger partial charge in [-0.1, -0.05) is 255 Å². The monoisotopic (exact) mass is 1170 g/mol. The van der Waals surface area contributed by atoms with Gasteiger partial charge in [0.15, 0.2) is 11.6 Å². The van der Waals surface area contributed by atoms with Crippen LogP contribution in [0.2, 0.25) is 0 Å². The Kier molecular flexibility index (Phi) is 12.7. The molecule has 5 nitrogen and oxygen atoms in total. The highest BCUT2D eigenvalue weighted by Gasteiger charge is 2.27. The van der Waals surface area contributed by atoms with Crippen LogP contribution in [-0.2, 0) is 0 Å². The van der Waals surface area contributed by atoms with Crippen molar-refractivity contribution in [1.29, 1.82) is 0 Å². The van der Waals surface area contributed by atoms with Crippen molar-refractivity contribution in [3.05, 3.63) is 315 Å². The van der Waals surface area contributed by atoms with Crippen LogP contribution in [0.5, 0.6) is 0 Å². The number of aromatic nitrogens is 4. The molecule has 17 rings (SSSR count). The van der Waals surface area contributed by atoms with Crippen molar-refractivity contribution in [2.45, 2.75) is 6.92 Å². The minimum atomic E-state index is 0.546. The van der Waals surface area contributed by atoms with Crippen LogP contribution in [0.25, 0.3) is 152 Å². The standard InChI is InChI=1S/C84H55N5S/c1-3-4-8-22-53(2)54-37-39-56(40-38-54)82-85-83(62-26-21-25-57(50-62)55-23-9-5-10-24-55)87-84(86-82)89-79-74(48-47-72-68-33-16-15-31-66(68)67-32-17-18-34-69(67)76(72)79)77-70-35-19-20-36-71(70)78-73-46-44-61(52-75(73)90-81(78)80(77)89)58-41-42-60-51-65(45-43-59(60)49-58)88(63-27-11-6-12-28-63)64-29-13-7-14-30-64/h3-52H,1H2,2H3/b8-4-,53-22+. The SMILES string of the molecule is C=C/C=C\C=C(/C)c1ccc(-c2nc(-c3cccc(-c4ccccc4)c3)nc(-n3c4c(ccc5c6ccccc6c6ccccc6c54)c4c5ccccc5c5c6ccc(-c7ccc8cc(N(c9ccccc9)c9ccccc9)ccc8c7)cc6sc5c43)n2)cc1. The first-order valence-electron chi connectivity index (χ1n) is 30.5. The number of para-hydroxylation sites is 2. The van der Waals surface area contributed by atoms with Crippen LogP contribution >= 0.6 is 11.3 Å². The highest BCUT2D eigenvalue weighted by atomic mass is 32.1. The number of hydrogen-bond acceptors (Lipinski definition) is 5. The summed E-state index contributed by atoms with van der Waals surface area (Å²) >= 11 is 1.85. The Bertz CT molecular complexity index is 5730. The van der Waals surface area contributed by atoms with Crippen LogP contribution in [0.3, 0.4) is 0 Å². The molecule has 0 fully saturated rings. The number of hydrogen-bond donors (Lipinski definition) is 0. The Labute approximate surface area is 524 Å². The van der Waals surface area contributed by atoms with Gasteiger partial charge in [-0.15, -0.1) is 11.3 Å². The second-order valence-electron chi connectivity index (χ2n) is 23.1. The van der Waals surface area contributed by atoms with Gasteiger partial charge in [-0.25, -0.2) is 4.98 Å². The lowest BCUT2D eigenvalue weighted by Gasteiger charge is -2.25. The number of anilines is 3. The van der Waals surface area contributed by atoms with Crippen LogP contribution in [0.1, 0.15) is 12.5 Å². The molecular weight excluding hydrogens is 1110 g/mol. The van der Waals surface area contributed by atoms with Crippen LogP contribution < -0.4 is 4.90 Å². The molecule has 0 radical (unpaired) electrons. The first-order chi connectivity index (χ1) is 44.5. The molecule has 3 heterocycles. The van der Waals surface area contributed by atoms with Crippen LogP contribution in [0.15, 0.2) is 310 Å². The topological polar surface area (TPSA) is 46.8 Å². The molecule has 0 unspecified atom stereocenters. The lowest BCUT2D eigenvalue weighted by Crippen LogP contribution is -2.09. The van der Waals surface area contributed by atoms with E-state index in [1.54, 1.807) is 6.08 Å². The van der Waals surface area contributed by atoms with Gasteiger partial charge in [0.1, 0.15) is 0 Å². The first-order valence-corrected chi connectivity index (χ1v) is 31.3.